The number of halogens is 3. The second-order valence-corrected chi connectivity index (χ2v) is 7.83. The number of carbonyl (C=O) groups excluding carboxylic acids is 1. The molecule has 2 aromatic carbocycles. The fraction of sp³-hybridized carbons (Fsp3) is 0.333. The molecule has 0 aliphatic carbocycles. The Bertz CT molecular complexity index is 1070. The number of nitrogens with zero attached hydrogens (tertiary/aromatic N) is 4. The fourth-order valence-electron chi connectivity index (χ4n) is 4.07. The summed E-state index contributed by atoms with van der Waals surface area (Å²) in [6, 6.07) is 15.3. The van der Waals surface area contributed by atoms with Crippen molar-refractivity contribution < 1.29 is 18.0 Å². The molecule has 0 N–H and O–H groups in total. The first-order valence-electron chi connectivity index (χ1n) is 10.7. The minimum atomic E-state index is -4.37. The zero-order chi connectivity index (χ0) is 22.7. The van der Waals surface area contributed by atoms with Crippen LogP contribution in [-0.2, 0) is 19.1 Å². The lowest BCUT2D eigenvalue weighted by molar-refractivity contribution is -0.137. The van der Waals surface area contributed by atoms with Crippen LogP contribution in [0.25, 0.3) is 0 Å². The molecule has 0 saturated carbocycles. The molecule has 0 atom stereocenters. The van der Waals surface area contributed by atoms with Crippen LogP contribution in [0.3, 0.4) is 0 Å². The van der Waals surface area contributed by atoms with Crippen LogP contribution < -0.4 is 4.90 Å². The number of hydrogen-bond donors (Lipinski definition) is 0. The number of rotatable bonds is 5. The van der Waals surface area contributed by atoms with Gasteiger partial charge in [-0.05, 0) is 30.2 Å². The second kappa shape index (κ2) is 9.06. The highest BCUT2D eigenvalue weighted by atomic mass is 19.4. The normalized spacial score (nSPS) is 14.6. The lowest BCUT2D eigenvalue weighted by Crippen LogP contribution is -2.49. The summed E-state index contributed by atoms with van der Waals surface area (Å²) in [6.07, 6.45) is -2.06. The van der Waals surface area contributed by atoms with Gasteiger partial charge in [-0.2, -0.15) is 18.3 Å². The minimum Gasteiger partial charge on any atom is -0.368 e. The van der Waals surface area contributed by atoms with Gasteiger partial charge in [-0.3, -0.25) is 9.48 Å². The zero-order valence-corrected chi connectivity index (χ0v) is 17.8. The summed E-state index contributed by atoms with van der Waals surface area (Å²) in [6.45, 7) is 4.45. The van der Waals surface area contributed by atoms with Crippen molar-refractivity contribution in [3.63, 3.8) is 0 Å². The molecule has 8 heteroatoms. The van der Waals surface area contributed by atoms with Crippen molar-refractivity contribution in [1.29, 1.82) is 0 Å². The Morgan fingerprint density at radius 3 is 2.38 bits per heavy atom. The third-order valence-corrected chi connectivity index (χ3v) is 5.79. The number of aromatic nitrogens is 2. The fourth-order valence-corrected chi connectivity index (χ4v) is 4.07. The average Bonchev–Trinajstić information content (AvgIpc) is 3.21. The van der Waals surface area contributed by atoms with E-state index in [-0.39, 0.29) is 5.91 Å². The van der Waals surface area contributed by atoms with Crippen molar-refractivity contribution in [1.82, 2.24) is 14.7 Å². The van der Waals surface area contributed by atoms with Crippen molar-refractivity contribution in [3.05, 3.63) is 83.2 Å². The smallest absolute Gasteiger partial charge is 0.368 e. The van der Waals surface area contributed by atoms with Gasteiger partial charge < -0.3 is 9.80 Å². The van der Waals surface area contributed by atoms with E-state index in [2.05, 4.69) is 5.10 Å². The molecular formula is C24H25F3N4O. The second-order valence-electron chi connectivity index (χ2n) is 7.83. The molecule has 1 aliphatic rings. The number of alkyl halides is 3. The van der Waals surface area contributed by atoms with Crippen molar-refractivity contribution in [2.24, 2.45) is 0 Å². The number of carbonyl (C=O) groups is 1. The number of anilines is 1. The maximum absolute atomic E-state index is 13.2. The molecule has 32 heavy (non-hydrogen) atoms. The third kappa shape index (κ3) is 4.64. The number of piperazine rings is 1. The molecule has 0 unspecified atom stereocenters. The van der Waals surface area contributed by atoms with Crippen LogP contribution in [0.1, 0.15) is 34.1 Å². The number of amides is 1. The molecule has 1 saturated heterocycles. The van der Waals surface area contributed by atoms with E-state index in [4.69, 9.17) is 0 Å². The summed E-state index contributed by atoms with van der Waals surface area (Å²) in [5.41, 5.74) is 2.46. The van der Waals surface area contributed by atoms with Crippen LogP contribution >= 0.6 is 0 Å². The van der Waals surface area contributed by atoms with Gasteiger partial charge >= 0.3 is 6.18 Å². The molecule has 3 aromatic rings. The molecule has 2 heterocycles. The van der Waals surface area contributed by atoms with E-state index in [1.165, 1.54) is 12.1 Å². The molecule has 0 spiro atoms. The Morgan fingerprint density at radius 2 is 1.72 bits per heavy atom. The van der Waals surface area contributed by atoms with E-state index in [1.54, 1.807) is 17.2 Å². The molecule has 1 aliphatic heterocycles. The summed E-state index contributed by atoms with van der Waals surface area (Å²) < 4.78 is 40.9. The molecule has 0 radical (unpaired) electrons. The highest BCUT2D eigenvalue weighted by molar-refractivity contribution is 5.95. The van der Waals surface area contributed by atoms with Gasteiger partial charge in [0.15, 0.2) is 0 Å². The van der Waals surface area contributed by atoms with Gasteiger partial charge in [0.1, 0.15) is 0 Å². The lowest BCUT2D eigenvalue weighted by Gasteiger charge is -2.36. The van der Waals surface area contributed by atoms with Crippen LogP contribution in [0, 0.1) is 0 Å². The van der Waals surface area contributed by atoms with E-state index in [9.17, 15) is 18.0 Å². The van der Waals surface area contributed by atoms with Gasteiger partial charge in [0.05, 0.1) is 29.6 Å². The van der Waals surface area contributed by atoms with E-state index in [0.29, 0.717) is 50.4 Å². The summed E-state index contributed by atoms with van der Waals surface area (Å²) in [5, 5.41) is 4.45. The number of benzene rings is 2. The maximum Gasteiger partial charge on any atom is 0.416 e. The van der Waals surface area contributed by atoms with Crippen molar-refractivity contribution in [2.45, 2.75) is 26.1 Å². The minimum absolute atomic E-state index is 0.0788. The SMILES string of the molecule is CCc1c(C(=O)N2CCN(c3cccc(C(F)(F)F)c3)CC2)cnn1Cc1ccccc1. The zero-order valence-electron chi connectivity index (χ0n) is 17.8. The predicted molar refractivity (Wildman–Crippen MR) is 117 cm³/mol. The van der Waals surface area contributed by atoms with Crippen molar-refractivity contribution >= 4 is 11.6 Å². The topological polar surface area (TPSA) is 41.4 Å². The largest absolute Gasteiger partial charge is 0.416 e. The first kappa shape index (κ1) is 21.9. The third-order valence-electron chi connectivity index (χ3n) is 5.79. The van der Waals surface area contributed by atoms with E-state index in [0.717, 1.165) is 17.3 Å². The first-order valence-corrected chi connectivity index (χ1v) is 10.7. The molecule has 0 bridgehead atoms. The Labute approximate surface area is 185 Å². The van der Waals surface area contributed by atoms with Gasteiger partial charge in [-0.15, -0.1) is 0 Å². The highest BCUT2D eigenvalue weighted by Gasteiger charge is 2.31. The summed E-state index contributed by atoms with van der Waals surface area (Å²) in [4.78, 5) is 16.8. The van der Waals surface area contributed by atoms with Crippen molar-refractivity contribution in [3.8, 4) is 0 Å². The Balaban J connectivity index is 1.44. The van der Waals surface area contributed by atoms with Gasteiger partial charge in [0.25, 0.3) is 5.91 Å². The Kier molecular flexibility index (Phi) is 6.21. The molecule has 1 aromatic heterocycles. The molecule has 5 nitrogen and oxygen atoms in total. The van der Waals surface area contributed by atoms with Gasteiger partial charge in [0, 0.05) is 31.9 Å². The summed E-state index contributed by atoms with van der Waals surface area (Å²) in [7, 11) is 0. The van der Waals surface area contributed by atoms with Crippen LogP contribution in [0.2, 0.25) is 0 Å². The van der Waals surface area contributed by atoms with Crippen LogP contribution in [-0.4, -0.2) is 46.8 Å². The molecule has 1 amide bonds. The standard InChI is InChI=1S/C24H25F3N4O/c1-2-22-21(16-28-31(22)17-18-7-4-3-5-8-18)23(32)30-13-11-29(12-14-30)20-10-6-9-19(15-20)24(25,26)27/h3-10,15-16H,2,11-14,17H2,1H3. The Hall–Kier alpha value is -3.29. The van der Waals surface area contributed by atoms with Crippen molar-refractivity contribution in [2.75, 3.05) is 31.1 Å². The molecule has 4 rings (SSSR count). The average molecular weight is 442 g/mol. The number of hydrogen-bond acceptors (Lipinski definition) is 3. The molecular weight excluding hydrogens is 417 g/mol. The monoisotopic (exact) mass is 442 g/mol. The van der Waals surface area contributed by atoms with E-state index in [1.807, 2.05) is 46.8 Å². The van der Waals surface area contributed by atoms with E-state index < -0.39 is 11.7 Å². The molecule has 1 fully saturated rings. The van der Waals surface area contributed by atoms with Gasteiger partial charge in [-0.25, -0.2) is 0 Å². The first-order chi connectivity index (χ1) is 15.4. The van der Waals surface area contributed by atoms with Gasteiger partial charge in [-0.1, -0.05) is 43.3 Å². The highest BCUT2D eigenvalue weighted by Crippen LogP contribution is 2.32. The van der Waals surface area contributed by atoms with Crippen LogP contribution in [0.4, 0.5) is 18.9 Å². The lowest BCUT2D eigenvalue weighted by atomic mass is 10.1. The summed E-state index contributed by atoms with van der Waals surface area (Å²) >= 11 is 0. The van der Waals surface area contributed by atoms with Crippen LogP contribution in [0.5, 0.6) is 0 Å². The van der Waals surface area contributed by atoms with E-state index >= 15 is 0 Å². The maximum atomic E-state index is 13.2. The predicted octanol–water partition coefficient (Wildman–Crippen LogP) is 4.48. The quantitative estimate of drug-likeness (QED) is 0.585. The molecule has 168 valence electrons. The summed E-state index contributed by atoms with van der Waals surface area (Å²) in [5.74, 6) is -0.0788. The van der Waals surface area contributed by atoms with Gasteiger partial charge in [0.2, 0.25) is 0 Å². The Morgan fingerprint density at radius 1 is 1.00 bits per heavy atom. The van der Waals surface area contributed by atoms with Crippen LogP contribution in [0.15, 0.2) is 60.8 Å².